The fraction of sp³-hybridized carbons (Fsp3) is 0.222. The molecule has 22 heavy (non-hydrogen) atoms. The van der Waals surface area contributed by atoms with Gasteiger partial charge in [0.15, 0.2) is 0 Å². The minimum Gasteiger partial charge on any atom is -0.324 e. The van der Waals surface area contributed by atoms with E-state index in [9.17, 15) is 0 Å². The molecule has 3 rings (SSSR count). The Morgan fingerprint density at radius 2 is 2.05 bits per heavy atom. The molecule has 2 N–H and O–H groups in total. The van der Waals surface area contributed by atoms with Gasteiger partial charge in [0, 0.05) is 28.9 Å². The van der Waals surface area contributed by atoms with Gasteiger partial charge in [-0.05, 0) is 43.2 Å². The third kappa shape index (κ3) is 2.58. The first-order valence-corrected chi connectivity index (χ1v) is 7.78. The van der Waals surface area contributed by atoms with Crippen LogP contribution in [0.2, 0.25) is 5.02 Å². The Labute approximate surface area is 135 Å². The van der Waals surface area contributed by atoms with Crippen LogP contribution in [0.5, 0.6) is 0 Å². The summed E-state index contributed by atoms with van der Waals surface area (Å²) in [5.41, 5.74) is 10.9. The van der Waals surface area contributed by atoms with E-state index in [0.717, 1.165) is 39.8 Å². The Morgan fingerprint density at radius 1 is 1.23 bits per heavy atom. The van der Waals surface area contributed by atoms with Gasteiger partial charge in [-0.2, -0.15) is 0 Å². The summed E-state index contributed by atoms with van der Waals surface area (Å²) in [4.78, 5) is 9.29. The molecule has 2 heterocycles. The van der Waals surface area contributed by atoms with E-state index in [2.05, 4.69) is 18.0 Å². The van der Waals surface area contributed by atoms with Crippen molar-refractivity contribution in [1.29, 1.82) is 0 Å². The van der Waals surface area contributed by atoms with Crippen molar-refractivity contribution in [1.82, 2.24) is 9.97 Å². The molecule has 1 aromatic carbocycles. The summed E-state index contributed by atoms with van der Waals surface area (Å²) in [6.07, 6.45) is 2.65. The van der Waals surface area contributed by atoms with E-state index < -0.39 is 0 Å². The van der Waals surface area contributed by atoms with E-state index in [4.69, 9.17) is 22.3 Å². The van der Waals surface area contributed by atoms with Crippen molar-refractivity contribution in [3.05, 3.63) is 58.9 Å². The molecule has 0 radical (unpaired) electrons. The number of hydrogen-bond acceptors (Lipinski definition) is 3. The Bertz CT molecular complexity index is 828. The number of fused-ring (bicyclic) bond motifs is 1. The monoisotopic (exact) mass is 311 g/mol. The summed E-state index contributed by atoms with van der Waals surface area (Å²) in [7, 11) is 0. The van der Waals surface area contributed by atoms with Gasteiger partial charge in [0.25, 0.3) is 0 Å². The number of rotatable bonds is 3. The molecule has 112 valence electrons. The fourth-order valence-electron chi connectivity index (χ4n) is 2.68. The summed E-state index contributed by atoms with van der Waals surface area (Å²) >= 11 is 6.31. The molecule has 0 amide bonds. The first kappa shape index (κ1) is 14.9. The topological polar surface area (TPSA) is 51.8 Å². The van der Waals surface area contributed by atoms with Crippen LogP contribution in [0.3, 0.4) is 0 Å². The zero-order chi connectivity index (χ0) is 15.7. The Kier molecular flexibility index (Phi) is 4.10. The molecular weight excluding hydrogens is 294 g/mol. The number of halogens is 1. The molecule has 0 spiro atoms. The van der Waals surface area contributed by atoms with Crippen LogP contribution in [0.15, 0.2) is 42.6 Å². The predicted molar refractivity (Wildman–Crippen MR) is 92.0 cm³/mol. The molecule has 0 aliphatic rings. The lowest BCUT2D eigenvalue weighted by atomic mass is 9.97. The van der Waals surface area contributed by atoms with E-state index in [1.807, 2.05) is 43.5 Å². The number of para-hydroxylation sites is 1. The van der Waals surface area contributed by atoms with Crippen LogP contribution >= 0.6 is 11.6 Å². The first-order chi connectivity index (χ1) is 10.6. The van der Waals surface area contributed by atoms with Gasteiger partial charge < -0.3 is 5.73 Å². The molecule has 3 nitrogen and oxygen atoms in total. The van der Waals surface area contributed by atoms with Crippen molar-refractivity contribution in [2.24, 2.45) is 5.73 Å². The van der Waals surface area contributed by atoms with Gasteiger partial charge >= 0.3 is 0 Å². The average molecular weight is 312 g/mol. The summed E-state index contributed by atoms with van der Waals surface area (Å²) in [6, 6.07) is 11.7. The Morgan fingerprint density at radius 3 is 2.77 bits per heavy atom. The maximum atomic E-state index is 6.31. The number of nitrogens with zero attached hydrogens (tertiary/aromatic N) is 2. The Hall–Kier alpha value is -1.97. The molecular formula is C18H18ClN3. The summed E-state index contributed by atoms with van der Waals surface area (Å²) < 4.78 is 0. The highest BCUT2D eigenvalue weighted by atomic mass is 35.5. The van der Waals surface area contributed by atoms with E-state index in [0.29, 0.717) is 5.02 Å². The molecule has 0 aliphatic heterocycles. The van der Waals surface area contributed by atoms with Crippen LogP contribution in [-0.4, -0.2) is 9.97 Å². The largest absolute Gasteiger partial charge is 0.324 e. The third-order valence-electron chi connectivity index (χ3n) is 3.80. The second kappa shape index (κ2) is 6.03. The molecule has 2 aromatic heterocycles. The standard InChI is InChI=1S/C18H18ClN3/c1-3-16-13(7-5-9-21-16)18-14(11(2)20)10-12-6-4-8-15(19)17(12)22-18/h4-11H,3,20H2,1-2H3. The number of hydrogen-bond donors (Lipinski definition) is 1. The SMILES string of the molecule is CCc1ncccc1-c1nc2c(Cl)cccc2cc1C(C)N. The fourth-order valence-corrected chi connectivity index (χ4v) is 2.90. The second-order valence-electron chi connectivity index (χ2n) is 5.38. The first-order valence-electron chi connectivity index (χ1n) is 7.40. The Balaban J connectivity index is 2.36. The zero-order valence-corrected chi connectivity index (χ0v) is 13.4. The quantitative estimate of drug-likeness (QED) is 0.773. The van der Waals surface area contributed by atoms with Crippen molar-refractivity contribution in [2.75, 3.05) is 0 Å². The van der Waals surface area contributed by atoms with Gasteiger partial charge in [-0.15, -0.1) is 0 Å². The lowest BCUT2D eigenvalue weighted by Crippen LogP contribution is -2.09. The smallest absolute Gasteiger partial charge is 0.0895 e. The highest BCUT2D eigenvalue weighted by Gasteiger charge is 2.16. The molecule has 1 unspecified atom stereocenters. The summed E-state index contributed by atoms with van der Waals surface area (Å²) in [6.45, 7) is 4.06. The zero-order valence-electron chi connectivity index (χ0n) is 12.7. The van der Waals surface area contributed by atoms with Gasteiger partial charge in [-0.3, -0.25) is 4.98 Å². The van der Waals surface area contributed by atoms with Gasteiger partial charge in [-0.1, -0.05) is 30.7 Å². The highest BCUT2D eigenvalue weighted by molar-refractivity contribution is 6.35. The van der Waals surface area contributed by atoms with Crippen molar-refractivity contribution in [2.45, 2.75) is 26.3 Å². The minimum atomic E-state index is -0.115. The summed E-state index contributed by atoms with van der Waals surface area (Å²) in [5, 5.41) is 1.66. The normalized spacial score (nSPS) is 12.5. The molecule has 0 saturated heterocycles. The van der Waals surface area contributed by atoms with E-state index in [-0.39, 0.29) is 6.04 Å². The number of nitrogens with two attached hydrogens (primary N) is 1. The van der Waals surface area contributed by atoms with Crippen molar-refractivity contribution < 1.29 is 0 Å². The van der Waals surface area contributed by atoms with E-state index in [1.165, 1.54) is 0 Å². The second-order valence-corrected chi connectivity index (χ2v) is 5.78. The molecule has 0 bridgehead atoms. The highest BCUT2D eigenvalue weighted by Crippen LogP contribution is 2.32. The lowest BCUT2D eigenvalue weighted by Gasteiger charge is -2.16. The van der Waals surface area contributed by atoms with Gasteiger partial charge in [0.05, 0.1) is 16.2 Å². The lowest BCUT2D eigenvalue weighted by molar-refractivity contribution is 0.816. The molecule has 0 fully saturated rings. The minimum absolute atomic E-state index is 0.115. The van der Waals surface area contributed by atoms with E-state index in [1.54, 1.807) is 0 Å². The maximum absolute atomic E-state index is 6.31. The number of aromatic nitrogens is 2. The molecule has 1 atom stereocenters. The number of pyridine rings is 2. The molecule has 4 heteroatoms. The predicted octanol–water partition coefficient (Wildman–Crippen LogP) is 4.53. The van der Waals surface area contributed by atoms with Gasteiger partial charge in [0.1, 0.15) is 0 Å². The average Bonchev–Trinajstić information content (AvgIpc) is 2.54. The van der Waals surface area contributed by atoms with Crippen LogP contribution in [0.25, 0.3) is 22.2 Å². The van der Waals surface area contributed by atoms with Gasteiger partial charge in [-0.25, -0.2) is 4.98 Å². The molecule has 3 aromatic rings. The van der Waals surface area contributed by atoms with Crippen LogP contribution in [0.4, 0.5) is 0 Å². The molecule has 0 aliphatic carbocycles. The van der Waals surface area contributed by atoms with Crippen molar-refractivity contribution in [3.63, 3.8) is 0 Å². The van der Waals surface area contributed by atoms with Crippen molar-refractivity contribution >= 4 is 22.5 Å². The maximum Gasteiger partial charge on any atom is 0.0895 e. The number of aryl methyl sites for hydroxylation is 1. The summed E-state index contributed by atoms with van der Waals surface area (Å²) in [5.74, 6) is 0. The number of benzene rings is 1. The van der Waals surface area contributed by atoms with Crippen LogP contribution < -0.4 is 5.73 Å². The van der Waals surface area contributed by atoms with Gasteiger partial charge in [0.2, 0.25) is 0 Å². The van der Waals surface area contributed by atoms with Crippen LogP contribution in [-0.2, 0) is 6.42 Å². The van der Waals surface area contributed by atoms with E-state index >= 15 is 0 Å². The van der Waals surface area contributed by atoms with Crippen LogP contribution in [0.1, 0.15) is 31.1 Å². The third-order valence-corrected chi connectivity index (χ3v) is 4.10. The van der Waals surface area contributed by atoms with Crippen molar-refractivity contribution in [3.8, 4) is 11.3 Å². The molecule has 0 saturated carbocycles. The van der Waals surface area contributed by atoms with Crippen LogP contribution in [0, 0.1) is 0 Å².